The van der Waals surface area contributed by atoms with E-state index >= 15 is 0 Å². The predicted molar refractivity (Wildman–Crippen MR) is 64.3 cm³/mol. The summed E-state index contributed by atoms with van der Waals surface area (Å²) in [5.74, 6) is 0.957. The second-order valence-electron chi connectivity index (χ2n) is 2.72. The highest BCUT2D eigenvalue weighted by atomic mass is 127. The molecule has 2 N–H and O–H groups in total. The van der Waals surface area contributed by atoms with Crippen molar-refractivity contribution in [2.45, 2.75) is 6.04 Å². The van der Waals surface area contributed by atoms with E-state index in [2.05, 4.69) is 51.2 Å². The first-order valence-electron chi connectivity index (χ1n) is 3.56. The number of fused-ring (bicyclic) bond motifs is 1. The Morgan fingerprint density at radius 3 is 2.92 bits per heavy atom. The Morgan fingerprint density at radius 2 is 2.17 bits per heavy atom. The van der Waals surface area contributed by atoms with Crippen LogP contribution in [0.25, 0.3) is 0 Å². The van der Waals surface area contributed by atoms with Gasteiger partial charge in [0, 0.05) is 12.7 Å². The van der Waals surface area contributed by atoms with Gasteiger partial charge in [0.2, 0.25) is 0 Å². The zero-order valence-corrected chi connectivity index (χ0v) is 10.5. The maximum Gasteiger partial charge on any atom is 0.126 e. The largest absolute Gasteiger partial charge is 0.491 e. The topological polar surface area (TPSA) is 35.2 Å². The van der Waals surface area contributed by atoms with Crippen molar-refractivity contribution in [3.05, 3.63) is 24.8 Å². The van der Waals surface area contributed by atoms with Gasteiger partial charge in [0.15, 0.2) is 0 Å². The molecule has 1 heterocycles. The number of hydrogen-bond acceptors (Lipinski definition) is 2. The first-order valence-corrected chi connectivity index (χ1v) is 5.71. The van der Waals surface area contributed by atoms with Crippen LogP contribution in [-0.2, 0) is 0 Å². The average Bonchev–Trinajstić information content (AvgIpc) is 2.31. The molecule has 0 amide bonds. The molecule has 2 nitrogen and oxygen atoms in total. The Balaban J connectivity index is 2.60. The average molecular weight is 387 g/mol. The molecule has 0 aromatic heterocycles. The fourth-order valence-corrected chi connectivity index (χ4v) is 3.49. The van der Waals surface area contributed by atoms with Crippen molar-refractivity contribution in [3.63, 3.8) is 0 Å². The third-order valence-electron chi connectivity index (χ3n) is 1.85. The van der Waals surface area contributed by atoms with Crippen molar-refractivity contribution in [2.24, 2.45) is 5.73 Å². The Kier molecular flexibility index (Phi) is 2.48. The first-order chi connectivity index (χ1) is 5.68. The SMILES string of the molecule is N[C@H]1COc2cc(I)cc(I)c21. The van der Waals surface area contributed by atoms with Crippen molar-refractivity contribution in [1.29, 1.82) is 0 Å². The van der Waals surface area contributed by atoms with Gasteiger partial charge in [-0.05, 0) is 57.3 Å². The van der Waals surface area contributed by atoms with Gasteiger partial charge in [0.1, 0.15) is 12.4 Å². The third kappa shape index (κ3) is 1.44. The summed E-state index contributed by atoms with van der Waals surface area (Å²) in [7, 11) is 0. The van der Waals surface area contributed by atoms with E-state index in [-0.39, 0.29) is 6.04 Å². The lowest BCUT2D eigenvalue weighted by atomic mass is 10.1. The Morgan fingerprint density at radius 1 is 1.42 bits per heavy atom. The fraction of sp³-hybridized carbons (Fsp3) is 0.250. The molecule has 0 radical (unpaired) electrons. The molecule has 0 unspecified atom stereocenters. The predicted octanol–water partition coefficient (Wildman–Crippen LogP) is 2.29. The molecule has 0 spiro atoms. The highest BCUT2D eigenvalue weighted by Gasteiger charge is 2.23. The number of nitrogens with two attached hydrogens (primary N) is 1. The van der Waals surface area contributed by atoms with Crippen LogP contribution in [0.2, 0.25) is 0 Å². The minimum Gasteiger partial charge on any atom is -0.491 e. The fourth-order valence-electron chi connectivity index (χ4n) is 1.30. The first kappa shape index (κ1) is 9.01. The van der Waals surface area contributed by atoms with Gasteiger partial charge in [-0.1, -0.05) is 0 Å². The lowest BCUT2D eigenvalue weighted by Crippen LogP contribution is -2.11. The van der Waals surface area contributed by atoms with Crippen molar-refractivity contribution in [1.82, 2.24) is 0 Å². The van der Waals surface area contributed by atoms with Gasteiger partial charge in [-0.15, -0.1) is 0 Å². The Bertz CT molecular complexity index is 327. The molecule has 1 atom stereocenters. The standard InChI is InChI=1S/C8H7I2NO/c9-4-1-5(10)8-6(11)3-12-7(8)2-4/h1-2,6H,3,11H2/t6-/m0/s1. The molecule has 0 fully saturated rings. The molecule has 1 aliphatic rings. The van der Waals surface area contributed by atoms with Crippen LogP contribution >= 0.6 is 45.2 Å². The molecule has 64 valence electrons. The van der Waals surface area contributed by atoms with Crippen LogP contribution in [0.15, 0.2) is 12.1 Å². The maximum atomic E-state index is 5.87. The normalized spacial score (nSPS) is 20.4. The van der Waals surface area contributed by atoms with Crippen molar-refractivity contribution in [3.8, 4) is 5.75 Å². The summed E-state index contributed by atoms with van der Waals surface area (Å²) in [6.45, 7) is 0.616. The minimum atomic E-state index is 0.0592. The molecule has 1 aromatic rings. The van der Waals surface area contributed by atoms with Crippen LogP contribution in [0, 0.1) is 7.14 Å². The molecule has 12 heavy (non-hydrogen) atoms. The molecule has 2 rings (SSSR count). The number of benzene rings is 1. The maximum absolute atomic E-state index is 5.87. The third-order valence-corrected chi connectivity index (χ3v) is 3.36. The van der Waals surface area contributed by atoms with Crippen molar-refractivity contribution < 1.29 is 4.74 Å². The summed E-state index contributed by atoms with van der Waals surface area (Å²) in [6.07, 6.45) is 0. The quantitative estimate of drug-likeness (QED) is 0.694. The minimum absolute atomic E-state index is 0.0592. The molecule has 4 heteroatoms. The zero-order valence-electron chi connectivity index (χ0n) is 6.18. The number of ether oxygens (including phenoxy) is 1. The summed E-state index contributed by atoms with van der Waals surface area (Å²) in [5, 5.41) is 0. The van der Waals surface area contributed by atoms with Crippen LogP contribution in [0.4, 0.5) is 0 Å². The van der Waals surface area contributed by atoms with Gasteiger partial charge < -0.3 is 10.5 Å². The second-order valence-corrected chi connectivity index (χ2v) is 5.12. The van der Waals surface area contributed by atoms with E-state index in [0.717, 1.165) is 11.3 Å². The molecular formula is C8H7I2NO. The van der Waals surface area contributed by atoms with E-state index < -0.39 is 0 Å². The summed E-state index contributed by atoms with van der Waals surface area (Å²) in [5.41, 5.74) is 7.03. The van der Waals surface area contributed by atoms with Crippen LogP contribution in [0.3, 0.4) is 0 Å². The summed E-state index contributed by atoms with van der Waals surface area (Å²) >= 11 is 4.58. The van der Waals surface area contributed by atoms with Gasteiger partial charge in [-0.3, -0.25) is 0 Å². The van der Waals surface area contributed by atoms with Gasteiger partial charge in [-0.2, -0.15) is 0 Å². The van der Waals surface area contributed by atoms with Gasteiger partial charge in [0.05, 0.1) is 6.04 Å². The zero-order chi connectivity index (χ0) is 8.72. The van der Waals surface area contributed by atoms with Crippen LogP contribution in [0.5, 0.6) is 5.75 Å². The van der Waals surface area contributed by atoms with Crippen LogP contribution in [0.1, 0.15) is 11.6 Å². The summed E-state index contributed by atoms with van der Waals surface area (Å²) < 4.78 is 7.84. The van der Waals surface area contributed by atoms with Crippen LogP contribution < -0.4 is 10.5 Å². The molecule has 1 aromatic carbocycles. The molecule has 0 bridgehead atoms. The molecule has 0 saturated heterocycles. The monoisotopic (exact) mass is 387 g/mol. The second kappa shape index (κ2) is 3.30. The van der Waals surface area contributed by atoms with Gasteiger partial charge in [0.25, 0.3) is 0 Å². The highest BCUT2D eigenvalue weighted by Crippen LogP contribution is 2.35. The van der Waals surface area contributed by atoms with E-state index in [4.69, 9.17) is 10.5 Å². The van der Waals surface area contributed by atoms with E-state index in [1.54, 1.807) is 0 Å². The lowest BCUT2D eigenvalue weighted by Gasteiger charge is -2.04. The van der Waals surface area contributed by atoms with Crippen LogP contribution in [-0.4, -0.2) is 6.61 Å². The molecule has 0 aliphatic carbocycles. The Labute approximate surface area is 98.1 Å². The number of rotatable bonds is 0. The number of halogens is 2. The Hall–Kier alpha value is 0.440. The summed E-state index contributed by atoms with van der Waals surface area (Å²) in [6, 6.07) is 4.21. The smallest absolute Gasteiger partial charge is 0.126 e. The van der Waals surface area contributed by atoms with Gasteiger partial charge >= 0.3 is 0 Å². The lowest BCUT2D eigenvalue weighted by molar-refractivity contribution is 0.333. The number of hydrogen-bond donors (Lipinski definition) is 1. The van der Waals surface area contributed by atoms with E-state index in [1.807, 2.05) is 6.07 Å². The molecular weight excluding hydrogens is 380 g/mol. The van der Waals surface area contributed by atoms with E-state index in [1.165, 1.54) is 7.14 Å². The van der Waals surface area contributed by atoms with E-state index in [9.17, 15) is 0 Å². The van der Waals surface area contributed by atoms with E-state index in [0.29, 0.717) is 6.61 Å². The van der Waals surface area contributed by atoms with Gasteiger partial charge in [-0.25, -0.2) is 0 Å². The molecule has 0 saturated carbocycles. The molecule has 1 aliphatic heterocycles. The highest BCUT2D eigenvalue weighted by molar-refractivity contribution is 14.1. The van der Waals surface area contributed by atoms with Crippen molar-refractivity contribution in [2.75, 3.05) is 6.61 Å². The van der Waals surface area contributed by atoms with Crippen molar-refractivity contribution >= 4 is 45.2 Å². The summed E-state index contributed by atoms with van der Waals surface area (Å²) in [4.78, 5) is 0.